The van der Waals surface area contributed by atoms with Crippen LogP contribution in [0.25, 0.3) is 0 Å². The van der Waals surface area contributed by atoms with E-state index in [9.17, 15) is 0 Å². The molecule has 1 saturated heterocycles. The van der Waals surface area contributed by atoms with Gasteiger partial charge in [-0.3, -0.25) is 4.90 Å². The zero-order valence-corrected chi connectivity index (χ0v) is 10.8. The van der Waals surface area contributed by atoms with Crippen molar-refractivity contribution >= 4 is 15.9 Å². The van der Waals surface area contributed by atoms with E-state index in [0.717, 1.165) is 12.5 Å². The molecule has 1 aliphatic heterocycles. The minimum atomic E-state index is 0.713. The molecule has 1 fully saturated rings. The van der Waals surface area contributed by atoms with Crippen molar-refractivity contribution in [2.75, 3.05) is 13.1 Å². The van der Waals surface area contributed by atoms with E-state index < -0.39 is 0 Å². The molecule has 2 atom stereocenters. The zero-order chi connectivity index (χ0) is 10.7. The van der Waals surface area contributed by atoms with Gasteiger partial charge in [0.1, 0.15) is 0 Å². The molecule has 2 rings (SSSR count). The number of hydrogen-bond donors (Lipinski definition) is 0. The van der Waals surface area contributed by atoms with Crippen LogP contribution in [-0.2, 0) is 6.54 Å². The van der Waals surface area contributed by atoms with Crippen molar-refractivity contribution in [3.63, 3.8) is 0 Å². The van der Waals surface area contributed by atoms with E-state index >= 15 is 0 Å². The molecule has 0 saturated carbocycles. The second-order valence-corrected chi connectivity index (χ2v) is 5.68. The van der Waals surface area contributed by atoms with Crippen molar-refractivity contribution in [1.82, 2.24) is 4.90 Å². The minimum absolute atomic E-state index is 0.713. The van der Waals surface area contributed by atoms with Gasteiger partial charge in [0, 0.05) is 17.9 Å². The van der Waals surface area contributed by atoms with Gasteiger partial charge in [0.25, 0.3) is 0 Å². The third kappa shape index (κ3) is 3.05. The van der Waals surface area contributed by atoms with Crippen LogP contribution in [0.1, 0.15) is 18.9 Å². The SMILES string of the molecule is C[C@@H]1CN(Cc2ccccc2)CC[C@H]1Br. The molecule has 1 aliphatic rings. The van der Waals surface area contributed by atoms with Gasteiger partial charge >= 0.3 is 0 Å². The highest BCUT2D eigenvalue weighted by Crippen LogP contribution is 2.24. The molecule has 0 N–H and O–H groups in total. The molecule has 1 heterocycles. The molecule has 0 aromatic heterocycles. The van der Waals surface area contributed by atoms with Crippen LogP contribution in [0.3, 0.4) is 0 Å². The summed E-state index contributed by atoms with van der Waals surface area (Å²) in [5.41, 5.74) is 1.43. The van der Waals surface area contributed by atoms with Gasteiger partial charge in [0.15, 0.2) is 0 Å². The van der Waals surface area contributed by atoms with E-state index in [2.05, 4.69) is 58.1 Å². The second kappa shape index (κ2) is 5.13. The summed E-state index contributed by atoms with van der Waals surface area (Å²) in [4.78, 5) is 3.27. The number of alkyl halides is 1. The van der Waals surface area contributed by atoms with E-state index in [1.165, 1.54) is 25.1 Å². The topological polar surface area (TPSA) is 3.24 Å². The van der Waals surface area contributed by atoms with Gasteiger partial charge in [-0.15, -0.1) is 0 Å². The molecular weight excluding hydrogens is 250 g/mol. The first kappa shape index (κ1) is 11.2. The molecule has 1 aromatic carbocycles. The van der Waals surface area contributed by atoms with Gasteiger partial charge < -0.3 is 0 Å². The summed E-state index contributed by atoms with van der Waals surface area (Å²) in [5, 5.41) is 0. The Morgan fingerprint density at radius 1 is 1.33 bits per heavy atom. The maximum absolute atomic E-state index is 3.74. The Bertz CT molecular complexity index is 299. The number of benzene rings is 1. The highest BCUT2D eigenvalue weighted by atomic mass is 79.9. The van der Waals surface area contributed by atoms with Crippen LogP contribution in [0, 0.1) is 5.92 Å². The van der Waals surface area contributed by atoms with Crippen molar-refractivity contribution in [2.24, 2.45) is 5.92 Å². The molecule has 15 heavy (non-hydrogen) atoms. The van der Waals surface area contributed by atoms with Crippen LogP contribution in [0.2, 0.25) is 0 Å². The Balaban J connectivity index is 1.91. The monoisotopic (exact) mass is 267 g/mol. The van der Waals surface area contributed by atoms with Crippen LogP contribution in [0.15, 0.2) is 30.3 Å². The minimum Gasteiger partial charge on any atom is -0.299 e. The summed E-state index contributed by atoms with van der Waals surface area (Å²) >= 11 is 3.74. The van der Waals surface area contributed by atoms with E-state index in [-0.39, 0.29) is 0 Å². The molecule has 82 valence electrons. The Kier molecular flexibility index (Phi) is 3.81. The highest BCUT2D eigenvalue weighted by Gasteiger charge is 2.23. The third-order valence-corrected chi connectivity index (χ3v) is 4.49. The fourth-order valence-corrected chi connectivity index (χ4v) is 2.56. The van der Waals surface area contributed by atoms with E-state index in [1.807, 2.05) is 0 Å². The molecule has 0 amide bonds. The normalized spacial score (nSPS) is 27.9. The van der Waals surface area contributed by atoms with Gasteiger partial charge in [0.2, 0.25) is 0 Å². The Labute approximate surface area is 101 Å². The first-order valence-electron chi connectivity index (χ1n) is 5.66. The second-order valence-electron chi connectivity index (χ2n) is 4.50. The van der Waals surface area contributed by atoms with Crippen LogP contribution in [0.5, 0.6) is 0 Å². The molecule has 1 aromatic rings. The summed E-state index contributed by atoms with van der Waals surface area (Å²) in [6.45, 7) is 5.86. The van der Waals surface area contributed by atoms with E-state index in [1.54, 1.807) is 0 Å². The highest BCUT2D eigenvalue weighted by molar-refractivity contribution is 9.09. The molecule has 0 aliphatic carbocycles. The van der Waals surface area contributed by atoms with Gasteiger partial charge in [-0.25, -0.2) is 0 Å². The maximum atomic E-state index is 3.74. The summed E-state index contributed by atoms with van der Waals surface area (Å²) in [6.07, 6.45) is 1.27. The first-order chi connectivity index (χ1) is 7.25. The van der Waals surface area contributed by atoms with Gasteiger partial charge in [-0.1, -0.05) is 53.2 Å². The fraction of sp³-hybridized carbons (Fsp3) is 0.538. The van der Waals surface area contributed by atoms with Crippen molar-refractivity contribution in [2.45, 2.75) is 24.7 Å². The lowest BCUT2D eigenvalue weighted by Gasteiger charge is -2.34. The van der Waals surface area contributed by atoms with Crippen LogP contribution in [0.4, 0.5) is 0 Å². The predicted molar refractivity (Wildman–Crippen MR) is 68.2 cm³/mol. The lowest BCUT2D eigenvalue weighted by molar-refractivity contribution is 0.183. The standard InChI is InChI=1S/C13H18BrN/c1-11-9-15(8-7-13(11)14)10-12-5-3-2-4-6-12/h2-6,11,13H,7-10H2,1H3/t11-,13-/m1/s1. The Hall–Kier alpha value is -0.340. The molecule has 0 radical (unpaired) electrons. The van der Waals surface area contributed by atoms with Crippen molar-refractivity contribution in [3.05, 3.63) is 35.9 Å². The first-order valence-corrected chi connectivity index (χ1v) is 6.57. The molecule has 0 unspecified atom stereocenters. The number of nitrogens with zero attached hydrogens (tertiary/aromatic N) is 1. The van der Waals surface area contributed by atoms with Gasteiger partial charge in [0.05, 0.1) is 0 Å². The van der Waals surface area contributed by atoms with Crippen molar-refractivity contribution in [1.29, 1.82) is 0 Å². The van der Waals surface area contributed by atoms with Crippen molar-refractivity contribution in [3.8, 4) is 0 Å². The Morgan fingerprint density at radius 3 is 2.73 bits per heavy atom. The lowest BCUT2D eigenvalue weighted by atomic mass is 9.99. The fourth-order valence-electron chi connectivity index (χ4n) is 2.19. The largest absolute Gasteiger partial charge is 0.299 e. The van der Waals surface area contributed by atoms with Crippen LogP contribution < -0.4 is 0 Å². The van der Waals surface area contributed by atoms with Crippen LogP contribution >= 0.6 is 15.9 Å². The van der Waals surface area contributed by atoms with Crippen molar-refractivity contribution < 1.29 is 0 Å². The number of likely N-dealkylation sites (tertiary alicyclic amines) is 1. The maximum Gasteiger partial charge on any atom is 0.0233 e. The third-order valence-electron chi connectivity index (χ3n) is 3.13. The molecular formula is C13H18BrN. The summed E-state index contributed by atoms with van der Waals surface area (Å²) in [7, 11) is 0. The quantitative estimate of drug-likeness (QED) is 0.744. The van der Waals surface area contributed by atoms with Crippen LogP contribution in [-0.4, -0.2) is 22.8 Å². The molecule has 0 spiro atoms. The lowest BCUT2D eigenvalue weighted by Crippen LogP contribution is -2.39. The average molecular weight is 268 g/mol. The summed E-state index contributed by atoms with van der Waals surface area (Å²) in [5.74, 6) is 0.766. The van der Waals surface area contributed by atoms with E-state index in [4.69, 9.17) is 0 Å². The molecule has 2 heteroatoms. The Morgan fingerprint density at radius 2 is 2.07 bits per heavy atom. The number of piperidine rings is 1. The molecule has 1 nitrogen and oxygen atoms in total. The van der Waals surface area contributed by atoms with Gasteiger partial charge in [-0.05, 0) is 24.4 Å². The van der Waals surface area contributed by atoms with E-state index in [0.29, 0.717) is 4.83 Å². The number of halogens is 1. The van der Waals surface area contributed by atoms with Gasteiger partial charge in [-0.2, -0.15) is 0 Å². The zero-order valence-electron chi connectivity index (χ0n) is 9.20. The number of hydrogen-bond acceptors (Lipinski definition) is 1. The predicted octanol–water partition coefficient (Wildman–Crippen LogP) is 3.29. The summed E-state index contributed by atoms with van der Waals surface area (Å²) < 4.78 is 0. The average Bonchev–Trinajstić information content (AvgIpc) is 2.25. The number of rotatable bonds is 2. The summed E-state index contributed by atoms with van der Waals surface area (Å²) in [6, 6.07) is 10.7. The molecule has 0 bridgehead atoms. The smallest absolute Gasteiger partial charge is 0.0233 e.